The van der Waals surface area contributed by atoms with Crippen molar-refractivity contribution in [1.29, 1.82) is 0 Å². The summed E-state index contributed by atoms with van der Waals surface area (Å²) in [6, 6.07) is 24.2. The second-order valence-corrected chi connectivity index (χ2v) is 7.88. The van der Waals surface area contributed by atoms with Crippen LogP contribution >= 0.6 is 0 Å². The predicted octanol–water partition coefficient (Wildman–Crippen LogP) is 4.88. The van der Waals surface area contributed by atoms with Gasteiger partial charge in [-0.15, -0.1) is 0 Å². The van der Waals surface area contributed by atoms with Gasteiger partial charge in [0.05, 0.1) is 18.7 Å². The second kappa shape index (κ2) is 9.10. The second-order valence-electron chi connectivity index (χ2n) is 7.88. The Labute approximate surface area is 187 Å². The molecule has 0 bridgehead atoms. The topological polar surface area (TPSA) is 66.8 Å². The SMILES string of the molecule is COC(=O)c1ccc([C@H]2C(c3ccc(C)cc3)=C(O)C(=O)N2CCc2ccccc2)cc1. The normalized spacial score (nSPS) is 15.9. The smallest absolute Gasteiger partial charge is 0.337 e. The van der Waals surface area contributed by atoms with E-state index in [-0.39, 0.29) is 5.76 Å². The Bertz CT molecular complexity index is 1150. The zero-order chi connectivity index (χ0) is 22.7. The van der Waals surface area contributed by atoms with E-state index in [1.165, 1.54) is 7.11 Å². The van der Waals surface area contributed by atoms with Crippen LogP contribution in [0.5, 0.6) is 0 Å². The van der Waals surface area contributed by atoms with Crippen LogP contribution in [0.4, 0.5) is 0 Å². The molecule has 0 unspecified atom stereocenters. The summed E-state index contributed by atoms with van der Waals surface area (Å²) in [5.41, 5.74) is 4.83. The number of amides is 1. The predicted molar refractivity (Wildman–Crippen MR) is 123 cm³/mol. The number of ether oxygens (including phenoxy) is 1. The lowest BCUT2D eigenvalue weighted by Crippen LogP contribution is -2.32. The highest BCUT2D eigenvalue weighted by Crippen LogP contribution is 2.43. The van der Waals surface area contributed by atoms with Gasteiger partial charge in [0, 0.05) is 12.1 Å². The lowest BCUT2D eigenvalue weighted by Gasteiger charge is -2.27. The van der Waals surface area contributed by atoms with Crippen molar-refractivity contribution in [2.75, 3.05) is 13.7 Å². The van der Waals surface area contributed by atoms with E-state index in [2.05, 4.69) is 0 Å². The minimum atomic E-state index is -0.458. The molecule has 1 amide bonds. The van der Waals surface area contributed by atoms with Gasteiger partial charge < -0.3 is 14.7 Å². The lowest BCUT2D eigenvalue weighted by atomic mass is 9.92. The van der Waals surface area contributed by atoms with E-state index >= 15 is 0 Å². The van der Waals surface area contributed by atoms with E-state index in [1.807, 2.05) is 73.7 Å². The number of carbonyl (C=O) groups excluding carboxylic acids is 2. The van der Waals surface area contributed by atoms with Crippen molar-refractivity contribution in [2.24, 2.45) is 0 Å². The first-order valence-corrected chi connectivity index (χ1v) is 10.5. The van der Waals surface area contributed by atoms with Crippen LogP contribution in [0, 0.1) is 6.92 Å². The first-order valence-electron chi connectivity index (χ1n) is 10.5. The number of aliphatic hydroxyl groups excluding tert-OH is 1. The van der Waals surface area contributed by atoms with Crippen LogP contribution in [0.1, 0.15) is 38.7 Å². The monoisotopic (exact) mass is 427 g/mol. The molecule has 162 valence electrons. The number of aliphatic hydroxyl groups is 1. The Morgan fingerprint density at radius 1 is 0.969 bits per heavy atom. The van der Waals surface area contributed by atoms with Crippen molar-refractivity contribution in [3.05, 3.63) is 112 Å². The van der Waals surface area contributed by atoms with E-state index < -0.39 is 17.9 Å². The largest absolute Gasteiger partial charge is 0.503 e. The summed E-state index contributed by atoms with van der Waals surface area (Å²) in [6.07, 6.45) is 0.664. The molecule has 0 aliphatic carbocycles. The summed E-state index contributed by atoms with van der Waals surface area (Å²) in [6.45, 7) is 2.44. The first-order chi connectivity index (χ1) is 15.5. The molecule has 5 nitrogen and oxygen atoms in total. The van der Waals surface area contributed by atoms with Crippen LogP contribution in [-0.2, 0) is 16.0 Å². The van der Waals surface area contributed by atoms with Gasteiger partial charge in [-0.2, -0.15) is 0 Å². The molecule has 1 atom stereocenters. The van der Waals surface area contributed by atoms with Crippen LogP contribution in [-0.4, -0.2) is 35.5 Å². The Balaban J connectivity index is 1.73. The van der Waals surface area contributed by atoms with E-state index in [4.69, 9.17) is 4.74 Å². The zero-order valence-electron chi connectivity index (χ0n) is 18.1. The van der Waals surface area contributed by atoms with E-state index in [0.29, 0.717) is 24.1 Å². The van der Waals surface area contributed by atoms with Gasteiger partial charge in [0.25, 0.3) is 5.91 Å². The zero-order valence-corrected chi connectivity index (χ0v) is 18.1. The molecular weight excluding hydrogens is 402 g/mol. The number of carbonyl (C=O) groups is 2. The first kappa shape index (κ1) is 21.4. The molecule has 0 spiro atoms. The summed E-state index contributed by atoms with van der Waals surface area (Å²) in [5.74, 6) is -1.04. The summed E-state index contributed by atoms with van der Waals surface area (Å²) >= 11 is 0. The maximum absolute atomic E-state index is 13.1. The van der Waals surface area contributed by atoms with Crippen LogP contribution in [0.2, 0.25) is 0 Å². The fourth-order valence-corrected chi connectivity index (χ4v) is 4.07. The Hall–Kier alpha value is -3.86. The number of hydrogen-bond donors (Lipinski definition) is 1. The van der Waals surface area contributed by atoms with Crippen molar-refractivity contribution >= 4 is 17.4 Å². The minimum absolute atomic E-state index is 0.232. The van der Waals surface area contributed by atoms with Gasteiger partial charge in [-0.1, -0.05) is 72.3 Å². The van der Waals surface area contributed by atoms with E-state index in [0.717, 1.165) is 22.3 Å². The van der Waals surface area contributed by atoms with Gasteiger partial charge in [0.15, 0.2) is 5.76 Å². The number of rotatable bonds is 6. The molecule has 0 radical (unpaired) electrons. The molecule has 4 rings (SSSR count). The third-order valence-electron chi connectivity index (χ3n) is 5.80. The van der Waals surface area contributed by atoms with E-state index in [1.54, 1.807) is 17.0 Å². The van der Waals surface area contributed by atoms with Crippen LogP contribution in [0.25, 0.3) is 5.57 Å². The van der Waals surface area contributed by atoms with Gasteiger partial charge in [0.2, 0.25) is 0 Å². The quantitative estimate of drug-likeness (QED) is 0.570. The lowest BCUT2D eigenvalue weighted by molar-refractivity contribution is -0.129. The molecule has 32 heavy (non-hydrogen) atoms. The summed E-state index contributed by atoms with van der Waals surface area (Å²) < 4.78 is 4.79. The van der Waals surface area contributed by atoms with Crippen molar-refractivity contribution < 1.29 is 19.4 Å². The maximum atomic E-state index is 13.1. The van der Waals surface area contributed by atoms with Gasteiger partial charge in [0.1, 0.15) is 0 Å². The molecule has 0 saturated carbocycles. The number of methoxy groups -OCH3 is 1. The highest BCUT2D eigenvalue weighted by Gasteiger charge is 2.40. The summed E-state index contributed by atoms with van der Waals surface area (Å²) in [5, 5.41) is 10.9. The Morgan fingerprint density at radius 2 is 1.62 bits per heavy atom. The average molecular weight is 428 g/mol. The number of benzene rings is 3. The molecular formula is C27H25NO4. The Morgan fingerprint density at radius 3 is 2.25 bits per heavy atom. The molecule has 1 aliphatic rings. The molecule has 3 aromatic rings. The molecule has 0 fully saturated rings. The minimum Gasteiger partial charge on any atom is -0.503 e. The Kier molecular flexibility index (Phi) is 6.08. The average Bonchev–Trinajstić information content (AvgIpc) is 3.08. The third-order valence-corrected chi connectivity index (χ3v) is 5.80. The highest BCUT2D eigenvalue weighted by atomic mass is 16.5. The van der Waals surface area contributed by atoms with Crippen molar-refractivity contribution in [3.63, 3.8) is 0 Å². The number of nitrogens with zero attached hydrogens (tertiary/aromatic N) is 1. The molecule has 0 saturated heterocycles. The fourth-order valence-electron chi connectivity index (χ4n) is 4.07. The van der Waals surface area contributed by atoms with Crippen LogP contribution in [0.3, 0.4) is 0 Å². The van der Waals surface area contributed by atoms with Crippen molar-refractivity contribution in [2.45, 2.75) is 19.4 Å². The molecule has 3 aromatic carbocycles. The van der Waals surface area contributed by atoms with Gasteiger partial charge in [-0.3, -0.25) is 4.79 Å². The van der Waals surface area contributed by atoms with Crippen molar-refractivity contribution in [1.82, 2.24) is 4.90 Å². The van der Waals surface area contributed by atoms with Gasteiger partial charge in [-0.25, -0.2) is 4.79 Å². The van der Waals surface area contributed by atoms with Crippen LogP contribution < -0.4 is 0 Å². The number of esters is 1. The van der Waals surface area contributed by atoms with Gasteiger partial charge in [-0.05, 0) is 42.2 Å². The third kappa shape index (κ3) is 4.14. The van der Waals surface area contributed by atoms with Crippen LogP contribution in [0.15, 0.2) is 84.6 Å². The standard InChI is InChI=1S/C27H25NO4/c1-18-8-10-20(11-9-18)23-24(21-12-14-22(15-13-21)27(31)32-2)28(26(30)25(23)29)17-16-19-6-4-3-5-7-19/h3-15,24,29H,16-17H2,1-2H3/t24-/m0/s1. The highest BCUT2D eigenvalue weighted by molar-refractivity contribution is 6.05. The molecule has 5 heteroatoms. The molecule has 1 N–H and O–H groups in total. The summed E-state index contributed by atoms with van der Waals surface area (Å²) in [7, 11) is 1.34. The van der Waals surface area contributed by atoms with Crippen molar-refractivity contribution in [3.8, 4) is 0 Å². The molecule has 0 aromatic heterocycles. The molecule has 1 heterocycles. The fraction of sp³-hybridized carbons (Fsp3) is 0.185. The maximum Gasteiger partial charge on any atom is 0.337 e. The van der Waals surface area contributed by atoms with E-state index in [9.17, 15) is 14.7 Å². The van der Waals surface area contributed by atoms with Gasteiger partial charge >= 0.3 is 5.97 Å². The number of aryl methyl sites for hydroxylation is 1. The number of hydrogen-bond acceptors (Lipinski definition) is 4. The molecule has 1 aliphatic heterocycles. The summed E-state index contributed by atoms with van der Waals surface area (Å²) in [4.78, 5) is 26.7.